The number of hydrogen-bond donors (Lipinski definition) is 4. The molecule has 2 rings (SSSR count). The number of carbonyl (C=O) groups excluding carboxylic acids is 2. The summed E-state index contributed by atoms with van der Waals surface area (Å²) in [5.74, 6) is 1.64. The fraction of sp³-hybridized carbons (Fsp3) is 0.929. The summed E-state index contributed by atoms with van der Waals surface area (Å²) in [6.45, 7) is 15.8. The van der Waals surface area contributed by atoms with Crippen LogP contribution in [0.3, 0.4) is 0 Å². The van der Waals surface area contributed by atoms with Gasteiger partial charge in [0.25, 0.3) is 0 Å². The van der Waals surface area contributed by atoms with Crippen LogP contribution in [0, 0.1) is 17.3 Å². The molecule has 0 aromatic heterocycles. The molecule has 0 bridgehead atoms. The van der Waals surface area contributed by atoms with Gasteiger partial charge in [0.1, 0.15) is 0 Å². The first-order valence-electron chi connectivity index (χ1n) is 14.4. The molecule has 0 radical (unpaired) electrons. The fourth-order valence-corrected chi connectivity index (χ4v) is 5.22. The van der Waals surface area contributed by atoms with Gasteiger partial charge >= 0.3 is 0 Å². The van der Waals surface area contributed by atoms with Crippen LogP contribution < -0.4 is 21.7 Å². The van der Waals surface area contributed by atoms with Gasteiger partial charge in [-0.25, -0.2) is 0 Å². The monoisotopic (exact) mass is 510 g/mol. The summed E-state index contributed by atoms with van der Waals surface area (Å²) < 4.78 is 0. The lowest BCUT2D eigenvalue weighted by Crippen LogP contribution is -2.42. The maximum Gasteiger partial charge on any atom is 0.221 e. The Kier molecular flexibility index (Phi) is 17.3. The molecule has 8 heteroatoms. The SMILES string of the molecule is CC(C)(C)CCCNCCCNC(=O)CCN1CCC(C2CCN(CCC(N)=O)CC2)CC1.CNC. The van der Waals surface area contributed by atoms with E-state index in [2.05, 4.69) is 46.5 Å². The number of hydrogen-bond acceptors (Lipinski definition) is 6. The van der Waals surface area contributed by atoms with E-state index in [-0.39, 0.29) is 11.8 Å². The van der Waals surface area contributed by atoms with Crippen molar-refractivity contribution < 1.29 is 9.59 Å². The van der Waals surface area contributed by atoms with Crippen molar-refractivity contribution in [3.05, 3.63) is 0 Å². The van der Waals surface area contributed by atoms with Crippen LogP contribution in [0.15, 0.2) is 0 Å². The van der Waals surface area contributed by atoms with E-state index in [1.54, 1.807) is 0 Å². The molecule has 0 aromatic carbocycles. The summed E-state index contributed by atoms with van der Waals surface area (Å²) in [4.78, 5) is 28.0. The second-order valence-electron chi connectivity index (χ2n) is 11.9. The fourth-order valence-electron chi connectivity index (χ4n) is 5.22. The van der Waals surface area contributed by atoms with Crippen LogP contribution in [0.4, 0.5) is 0 Å². The van der Waals surface area contributed by atoms with Crippen LogP contribution in [0.1, 0.15) is 78.6 Å². The summed E-state index contributed by atoms with van der Waals surface area (Å²) in [5, 5.41) is 9.31. The van der Waals surface area contributed by atoms with Crippen molar-refractivity contribution in [2.45, 2.75) is 78.6 Å². The lowest BCUT2D eigenvalue weighted by Gasteiger charge is -2.40. The van der Waals surface area contributed by atoms with Gasteiger partial charge in [-0.2, -0.15) is 0 Å². The average molecular weight is 511 g/mol. The molecular formula is C28H58N6O2. The smallest absolute Gasteiger partial charge is 0.221 e. The van der Waals surface area contributed by atoms with Crippen molar-refractivity contribution in [2.75, 3.05) is 73.0 Å². The highest BCUT2D eigenvalue weighted by molar-refractivity contribution is 5.76. The molecule has 0 unspecified atom stereocenters. The second-order valence-corrected chi connectivity index (χ2v) is 11.9. The number of primary amides is 1. The molecule has 2 heterocycles. The molecule has 2 fully saturated rings. The quantitative estimate of drug-likeness (QED) is 0.268. The van der Waals surface area contributed by atoms with Gasteiger partial charge in [-0.3, -0.25) is 9.59 Å². The van der Waals surface area contributed by atoms with Crippen molar-refractivity contribution in [3.8, 4) is 0 Å². The molecule has 2 aliphatic rings. The standard InChI is InChI=1S/C26H51N5O2.C2H7N/c1-26(2,3)12-4-13-28-14-5-15-29-25(33)11-21-31-18-8-23(9-19-31)22-6-16-30(17-7-22)20-10-24(27)32;1-3-2/h22-23,28H,4-21H2,1-3H3,(H2,27,32)(H,29,33);3H,1-2H3. The second kappa shape index (κ2) is 18.9. The van der Waals surface area contributed by atoms with Crippen molar-refractivity contribution in [1.82, 2.24) is 25.8 Å². The zero-order chi connectivity index (χ0) is 26.8. The highest BCUT2D eigenvalue weighted by atomic mass is 16.1. The lowest BCUT2D eigenvalue weighted by atomic mass is 9.79. The predicted molar refractivity (Wildman–Crippen MR) is 151 cm³/mol. The summed E-state index contributed by atoms with van der Waals surface area (Å²) in [6, 6.07) is 0. The number of nitrogens with two attached hydrogens (primary N) is 1. The number of nitrogens with zero attached hydrogens (tertiary/aromatic N) is 2. The predicted octanol–water partition coefficient (Wildman–Crippen LogP) is 2.43. The lowest BCUT2D eigenvalue weighted by molar-refractivity contribution is -0.121. The van der Waals surface area contributed by atoms with Gasteiger partial charge in [0, 0.05) is 32.5 Å². The van der Waals surface area contributed by atoms with Gasteiger partial charge in [-0.1, -0.05) is 20.8 Å². The van der Waals surface area contributed by atoms with Crippen LogP contribution >= 0.6 is 0 Å². The van der Waals surface area contributed by atoms with Gasteiger partial charge in [-0.15, -0.1) is 0 Å². The molecule has 5 N–H and O–H groups in total. The number of nitrogens with one attached hydrogen (secondary N) is 3. The Balaban J connectivity index is 0.00000205. The Morgan fingerprint density at radius 2 is 1.28 bits per heavy atom. The molecule has 212 valence electrons. The molecule has 2 aliphatic heterocycles. The van der Waals surface area contributed by atoms with Gasteiger partial charge in [0.05, 0.1) is 0 Å². The molecule has 0 spiro atoms. The zero-order valence-corrected chi connectivity index (χ0v) is 24.2. The van der Waals surface area contributed by atoms with E-state index in [4.69, 9.17) is 5.73 Å². The molecule has 2 amide bonds. The van der Waals surface area contributed by atoms with Gasteiger partial charge in [0.15, 0.2) is 0 Å². The number of rotatable bonds is 14. The van der Waals surface area contributed by atoms with E-state index in [0.29, 0.717) is 18.3 Å². The third-order valence-corrected chi connectivity index (χ3v) is 7.39. The number of amides is 2. The zero-order valence-electron chi connectivity index (χ0n) is 24.2. The first-order chi connectivity index (χ1) is 17.1. The highest BCUT2D eigenvalue weighted by Gasteiger charge is 2.29. The van der Waals surface area contributed by atoms with E-state index >= 15 is 0 Å². The van der Waals surface area contributed by atoms with Crippen LogP contribution in [-0.4, -0.2) is 94.6 Å². The molecule has 0 aromatic rings. The minimum atomic E-state index is -0.197. The van der Waals surface area contributed by atoms with Gasteiger partial charge < -0.3 is 31.5 Å². The van der Waals surface area contributed by atoms with E-state index in [1.165, 1.54) is 38.5 Å². The third kappa shape index (κ3) is 16.5. The molecule has 2 saturated heterocycles. The first kappa shape index (κ1) is 32.8. The molecular weight excluding hydrogens is 452 g/mol. The Hall–Kier alpha value is -1.22. The molecule has 8 nitrogen and oxygen atoms in total. The normalized spacial score (nSPS) is 18.5. The largest absolute Gasteiger partial charge is 0.370 e. The minimum Gasteiger partial charge on any atom is -0.370 e. The van der Waals surface area contributed by atoms with Gasteiger partial charge in [0.2, 0.25) is 11.8 Å². The summed E-state index contributed by atoms with van der Waals surface area (Å²) in [6.07, 6.45) is 9.55. The van der Waals surface area contributed by atoms with E-state index in [1.807, 2.05) is 14.1 Å². The van der Waals surface area contributed by atoms with E-state index in [9.17, 15) is 9.59 Å². The van der Waals surface area contributed by atoms with Crippen molar-refractivity contribution in [1.29, 1.82) is 0 Å². The van der Waals surface area contributed by atoms with Crippen molar-refractivity contribution >= 4 is 11.8 Å². The van der Waals surface area contributed by atoms with Crippen LogP contribution in [-0.2, 0) is 9.59 Å². The molecule has 36 heavy (non-hydrogen) atoms. The molecule has 0 atom stereocenters. The number of piperidine rings is 2. The van der Waals surface area contributed by atoms with E-state index < -0.39 is 0 Å². The summed E-state index contributed by atoms with van der Waals surface area (Å²) in [7, 11) is 3.75. The average Bonchev–Trinajstić information content (AvgIpc) is 2.83. The Labute approximate surface area is 221 Å². The first-order valence-corrected chi connectivity index (χ1v) is 14.4. The summed E-state index contributed by atoms with van der Waals surface area (Å²) in [5.41, 5.74) is 5.69. The topological polar surface area (TPSA) is 103 Å². The maximum atomic E-state index is 12.2. The highest BCUT2D eigenvalue weighted by Crippen LogP contribution is 2.32. The molecule has 0 aliphatic carbocycles. The number of carbonyl (C=O) groups is 2. The van der Waals surface area contributed by atoms with Crippen molar-refractivity contribution in [3.63, 3.8) is 0 Å². The summed E-state index contributed by atoms with van der Waals surface area (Å²) >= 11 is 0. The molecule has 0 saturated carbocycles. The van der Waals surface area contributed by atoms with Crippen molar-refractivity contribution in [2.24, 2.45) is 23.0 Å². The maximum absolute atomic E-state index is 12.2. The number of likely N-dealkylation sites (tertiary alicyclic amines) is 2. The third-order valence-electron chi connectivity index (χ3n) is 7.39. The van der Waals surface area contributed by atoms with Crippen LogP contribution in [0.5, 0.6) is 0 Å². The Bertz CT molecular complexity index is 579. The Morgan fingerprint density at radius 3 is 1.75 bits per heavy atom. The Morgan fingerprint density at radius 1 is 0.806 bits per heavy atom. The minimum absolute atomic E-state index is 0.188. The van der Waals surface area contributed by atoms with Gasteiger partial charge in [-0.05, 0) is 116 Å². The van der Waals surface area contributed by atoms with E-state index in [0.717, 1.165) is 77.2 Å². The van der Waals surface area contributed by atoms with Crippen LogP contribution in [0.25, 0.3) is 0 Å². The van der Waals surface area contributed by atoms with Crippen LogP contribution in [0.2, 0.25) is 0 Å².